The molecule has 0 N–H and O–H groups in total. The highest BCUT2D eigenvalue weighted by Crippen LogP contribution is 2.34. The Balaban J connectivity index is 3.36. The molecule has 1 heterocycles. The quantitative estimate of drug-likeness (QED) is 0.750. The first-order chi connectivity index (χ1) is 9.72. The molecule has 0 fully saturated rings. The summed E-state index contributed by atoms with van der Waals surface area (Å²) in [5.41, 5.74) is -2.25. The molecule has 0 saturated carbocycles. The smallest absolute Gasteiger partial charge is 0.292 e. The third-order valence-electron chi connectivity index (χ3n) is 4.01. The van der Waals surface area contributed by atoms with Crippen LogP contribution in [-0.2, 0) is 6.18 Å². The van der Waals surface area contributed by atoms with Crippen molar-refractivity contribution in [2.75, 3.05) is 13.1 Å². The van der Waals surface area contributed by atoms with Crippen LogP contribution in [-0.4, -0.2) is 34.3 Å². The van der Waals surface area contributed by atoms with Crippen LogP contribution in [0.4, 0.5) is 13.2 Å². The first-order valence-electron chi connectivity index (χ1n) is 7.03. The summed E-state index contributed by atoms with van der Waals surface area (Å²) in [7, 11) is 0. The van der Waals surface area contributed by atoms with Crippen molar-refractivity contribution in [1.82, 2.24) is 9.88 Å². The highest BCUT2D eigenvalue weighted by Gasteiger charge is 2.42. The topological polar surface area (TPSA) is 33.2 Å². The number of carbonyl (C=O) groups is 1. The molecule has 3 nitrogen and oxygen atoms in total. The standard InChI is InChI=1S/C15H21F3N2O/c1-5-14(4,20(6-2)7-3)13(21)11-10-19-9-8-12(11)15(16,17)18/h8-10H,5-7H2,1-4H3. The predicted octanol–water partition coefficient (Wildman–Crippen LogP) is 3.79. The Bertz CT molecular complexity index is 498. The highest BCUT2D eigenvalue weighted by molar-refractivity contribution is 6.04. The molecule has 1 aromatic rings. The van der Waals surface area contributed by atoms with E-state index in [9.17, 15) is 18.0 Å². The molecular weight excluding hydrogens is 281 g/mol. The molecule has 1 unspecified atom stereocenters. The van der Waals surface area contributed by atoms with Gasteiger partial charge in [0.25, 0.3) is 0 Å². The maximum atomic E-state index is 13.1. The van der Waals surface area contributed by atoms with E-state index in [-0.39, 0.29) is 5.56 Å². The van der Waals surface area contributed by atoms with Gasteiger partial charge in [-0.15, -0.1) is 0 Å². The van der Waals surface area contributed by atoms with Gasteiger partial charge in [0.2, 0.25) is 0 Å². The first kappa shape index (κ1) is 17.6. The molecule has 6 heteroatoms. The second-order valence-electron chi connectivity index (χ2n) is 5.05. The van der Waals surface area contributed by atoms with Crippen LogP contribution in [0.3, 0.4) is 0 Å². The van der Waals surface area contributed by atoms with Crippen molar-refractivity contribution in [3.05, 3.63) is 29.6 Å². The van der Waals surface area contributed by atoms with Crippen LogP contribution in [0, 0.1) is 0 Å². The molecule has 0 saturated heterocycles. The first-order valence-corrected chi connectivity index (χ1v) is 7.03. The van der Waals surface area contributed by atoms with Gasteiger partial charge >= 0.3 is 6.18 Å². The lowest BCUT2D eigenvalue weighted by Crippen LogP contribution is -2.52. The zero-order valence-electron chi connectivity index (χ0n) is 12.8. The van der Waals surface area contributed by atoms with Crippen molar-refractivity contribution in [2.45, 2.75) is 45.8 Å². The fourth-order valence-electron chi connectivity index (χ4n) is 2.56. The summed E-state index contributed by atoms with van der Waals surface area (Å²) in [4.78, 5) is 18.3. The van der Waals surface area contributed by atoms with Gasteiger partial charge in [0, 0.05) is 12.4 Å². The molecule has 1 aromatic heterocycles. The van der Waals surface area contributed by atoms with E-state index >= 15 is 0 Å². The number of carbonyl (C=O) groups excluding carboxylic acids is 1. The summed E-state index contributed by atoms with van der Waals surface area (Å²) in [6, 6.07) is 0.853. The average molecular weight is 302 g/mol. The van der Waals surface area contributed by atoms with Crippen molar-refractivity contribution < 1.29 is 18.0 Å². The number of hydrogen-bond donors (Lipinski definition) is 0. The zero-order chi connectivity index (χ0) is 16.3. The maximum Gasteiger partial charge on any atom is 0.417 e. The predicted molar refractivity (Wildman–Crippen MR) is 75.2 cm³/mol. The number of rotatable bonds is 6. The van der Waals surface area contributed by atoms with Crippen molar-refractivity contribution in [2.24, 2.45) is 0 Å². The van der Waals surface area contributed by atoms with E-state index in [2.05, 4.69) is 4.98 Å². The highest BCUT2D eigenvalue weighted by atomic mass is 19.4. The van der Waals surface area contributed by atoms with E-state index in [1.54, 1.807) is 13.8 Å². The summed E-state index contributed by atoms with van der Waals surface area (Å²) in [5.74, 6) is -0.533. The average Bonchev–Trinajstić information content (AvgIpc) is 2.46. The minimum atomic E-state index is -4.56. The van der Waals surface area contributed by atoms with Crippen molar-refractivity contribution >= 4 is 5.78 Å². The Morgan fingerprint density at radius 3 is 2.24 bits per heavy atom. The lowest BCUT2D eigenvalue weighted by atomic mass is 9.85. The van der Waals surface area contributed by atoms with Crippen LogP contribution in [0.2, 0.25) is 0 Å². The molecule has 118 valence electrons. The molecule has 0 amide bonds. The number of likely N-dealkylation sites (N-methyl/N-ethyl adjacent to an activating group) is 1. The maximum absolute atomic E-state index is 13.1. The molecule has 21 heavy (non-hydrogen) atoms. The number of pyridine rings is 1. The van der Waals surface area contributed by atoms with Gasteiger partial charge in [-0.2, -0.15) is 13.2 Å². The molecule has 0 radical (unpaired) electrons. The molecule has 0 aliphatic rings. The molecule has 0 aromatic carbocycles. The Morgan fingerprint density at radius 1 is 1.24 bits per heavy atom. The number of hydrogen-bond acceptors (Lipinski definition) is 3. The minimum absolute atomic E-state index is 0.360. The summed E-state index contributed by atoms with van der Waals surface area (Å²) in [5, 5.41) is 0. The summed E-state index contributed by atoms with van der Waals surface area (Å²) >= 11 is 0. The van der Waals surface area contributed by atoms with Crippen LogP contribution in [0.25, 0.3) is 0 Å². The Morgan fingerprint density at radius 2 is 1.81 bits per heavy atom. The second kappa shape index (κ2) is 6.56. The summed E-state index contributed by atoms with van der Waals surface area (Å²) in [6.07, 6.45) is -2.06. The van der Waals surface area contributed by atoms with Crippen molar-refractivity contribution in [3.8, 4) is 0 Å². The molecular formula is C15H21F3N2O. The third-order valence-corrected chi connectivity index (χ3v) is 4.01. The Kier molecular flexibility index (Phi) is 5.50. The number of ketones is 1. The van der Waals surface area contributed by atoms with Crippen molar-refractivity contribution in [1.29, 1.82) is 0 Å². The molecule has 1 rings (SSSR count). The van der Waals surface area contributed by atoms with Crippen LogP contribution in [0.15, 0.2) is 18.5 Å². The van der Waals surface area contributed by atoms with Crippen LogP contribution < -0.4 is 0 Å². The van der Waals surface area contributed by atoms with E-state index in [0.29, 0.717) is 19.5 Å². The van der Waals surface area contributed by atoms with Gasteiger partial charge in [0.1, 0.15) is 0 Å². The van der Waals surface area contributed by atoms with Gasteiger partial charge in [-0.3, -0.25) is 14.7 Å². The largest absolute Gasteiger partial charge is 0.417 e. The second-order valence-corrected chi connectivity index (χ2v) is 5.05. The van der Waals surface area contributed by atoms with Crippen molar-refractivity contribution in [3.63, 3.8) is 0 Å². The van der Waals surface area contributed by atoms with Crippen LogP contribution in [0.1, 0.15) is 50.0 Å². The summed E-state index contributed by atoms with van der Waals surface area (Å²) in [6.45, 7) is 8.45. The van der Waals surface area contributed by atoms with Gasteiger partial charge in [-0.05, 0) is 32.5 Å². The Hall–Kier alpha value is -1.43. The summed E-state index contributed by atoms with van der Waals surface area (Å²) < 4.78 is 39.2. The SMILES string of the molecule is CCN(CC)C(C)(CC)C(=O)c1cnccc1C(F)(F)F. The monoisotopic (exact) mass is 302 g/mol. The number of halogens is 3. The normalized spacial score (nSPS) is 15.0. The van der Waals surface area contributed by atoms with E-state index in [4.69, 9.17) is 0 Å². The number of alkyl halides is 3. The van der Waals surface area contributed by atoms with Gasteiger partial charge in [0.05, 0.1) is 16.7 Å². The fourth-order valence-corrected chi connectivity index (χ4v) is 2.56. The molecule has 0 spiro atoms. The van der Waals surface area contributed by atoms with E-state index in [0.717, 1.165) is 18.5 Å². The lowest BCUT2D eigenvalue weighted by Gasteiger charge is -2.38. The lowest BCUT2D eigenvalue weighted by molar-refractivity contribution is -0.138. The molecule has 0 aliphatic heterocycles. The molecule has 0 bridgehead atoms. The van der Waals surface area contributed by atoms with E-state index in [1.807, 2.05) is 18.7 Å². The third kappa shape index (κ3) is 3.43. The van der Waals surface area contributed by atoms with Crippen LogP contribution in [0.5, 0.6) is 0 Å². The number of Topliss-reactive ketones (excluding diaryl/α,β-unsaturated/α-hetero) is 1. The molecule has 0 aliphatic carbocycles. The van der Waals surface area contributed by atoms with Gasteiger partial charge < -0.3 is 0 Å². The van der Waals surface area contributed by atoms with Gasteiger partial charge in [-0.25, -0.2) is 0 Å². The van der Waals surface area contributed by atoms with E-state index in [1.165, 1.54) is 0 Å². The fraction of sp³-hybridized carbons (Fsp3) is 0.600. The Labute approximate surface area is 123 Å². The number of nitrogens with zero attached hydrogens (tertiary/aromatic N) is 2. The minimum Gasteiger partial charge on any atom is -0.292 e. The van der Waals surface area contributed by atoms with Gasteiger partial charge in [-0.1, -0.05) is 20.8 Å². The molecule has 1 atom stereocenters. The number of aromatic nitrogens is 1. The van der Waals surface area contributed by atoms with E-state index < -0.39 is 23.1 Å². The van der Waals surface area contributed by atoms with Gasteiger partial charge in [0.15, 0.2) is 5.78 Å². The van der Waals surface area contributed by atoms with Crippen LogP contribution >= 0.6 is 0 Å². The zero-order valence-corrected chi connectivity index (χ0v) is 12.8.